The Morgan fingerprint density at radius 3 is 2.50 bits per heavy atom. The minimum absolute atomic E-state index is 0.133. The van der Waals surface area contributed by atoms with Crippen LogP contribution in [-0.4, -0.2) is 16.8 Å². The van der Waals surface area contributed by atoms with Gasteiger partial charge >= 0.3 is 0 Å². The standard InChI is InChI=1S/C15H16Cl2N2O2S/c1-15(2,3)11-7-13(21-19-11)18-12(20)8-22-14-9(16)5-4-6-10(14)17/h4-7H,8H2,1-3H3,(H,18,20). The summed E-state index contributed by atoms with van der Waals surface area (Å²) in [5, 5.41) is 7.67. The van der Waals surface area contributed by atoms with Crippen molar-refractivity contribution in [2.24, 2.45) is 0 Å². The smallest absolute Gasteiger partial charge is 0.237 e. The van der Waals surface area contributed by atoms with E-state index >= 15 is 0 Å². The molecular weight excluding hydrogens is 343 g/mol. The van der Waals surface area contributed by atoms with E-state index < -0.39 is 0 Å². The van der Waals surface area contributed by atoms with Gasteiger partial charge in [0.05, 0.1) is 21.5 Å². The van der Waals surface area contributed by atoms with Crippen molar-refractivity contribution in [3.05, 3.63) is 40.0 Å². The summed E-state index contributed by atoms with van der Waals surface area (Å²) in [7, 11) is 0. The molecule has 1 aromatic carbocycles. The van der Waals surface area contributed by atoms with E-state index in [9.17, 15) is 4.79 Å². The number of nitrogens with one attached hydrogen (secondary N) is 1. The molecule has 0 saturated heterocycles. The molecule has 1 heterocycles. The first-order chi connectivity index (χ1) is 10.3. The Kier molecular flexibility index (Phi) is 5.42. The minimum Gasteiger partial charge on any atom is -0.338 e. The zero-order valence-electron chi connectivity index (χ0n) is 12.4. The van der Waals surface area contributed by atoms with E-state index in [2.05, 4.69) is 10.5 Å². The highest BCUT2D eigenvalue weighted by atomic mass is 35.5. The summed E-state index contributed by atoms with van der Waals surface area (Å²) >= 11 is 13.4. The lowest BCUT2D eigenvalue weighted by Crippen LogP contribution is -2.14. The van der Waals surface area contributed by atoms with E-state index in [1.54, 1.807) is 24.3 Å². The Bertz CT molecular complexity index is 660. The fraction of sp³-hybridized carbons (Fsp3) is 0.333. The number of thioether (sulfide) groups is 1. The Balaban J connectivity index is 1.95. The summed E-state index contributed by atoms with van der Waals surface area (Å²) in [6.45, 7) is 6.06. The van der Waals surface area contributed by atoms with E-state index in [1.807, 2.05) is 20.8 Å². The summed E-state index contributed by atoms with van der Waals surface area (Å²) < 4.78 is 5.12. The zero-order chi connectivity index (χ0) is 16.3. The summed E-state index contributed by atoms with van der Waals surface area (Å²) in [5.41, 5.74) is 0.649. The Labute approximate surface area is 143 Å². The number of rotatable bonds is 4. The number of benzene rings is 1. The first kappa shape index (κ1) is 17.2. The second-order valence-electron chi connectivity index (χ2n) is 5.71. The van der Waals surface area contributed by atoms with Gasteiger partial charge < -0.3 is 4.52 Å². The van der Waals surface area contributed by atoms with E-state index in [4.69, 9.17) is 27.7 Å². The van der Waals surface area contributed by atoms with Crippen LogP contribution in [0.15, 0.2) is 33.7 Å². The van der Waals surface area contributed by atoms with Gasteiger partial charge in [0.15, 0.2) is 0 Å². The molecule has 2 aromatic rings. The van der Waals surface area contributed by atoms with Crippen LogP contribution < -0.4 is 5.32 Å². The first-order valence-electron chi connectivity index (χ1n) is 6.61. The van der Waals surface area contributed by atoms with Crippen LogP contribution in [0, 0.1) is 0 Å². The summed E-state index contributed by atoms with van der Waals surface area (Å²) in [6, 6.07) is 6.96. The molecular formula is C15H16Cl2N2O2S. The van der Waals surface area contributed by atoms with Crippen molar-refractivity contribution in [3.8, 4) is 0 Å². The molecule has 0 aliphatic carbocycles. The molecule has 0 radical (unpaired) electrons. The van der Waals surface area contributed by atoms with Crippen molar-refractivity contribution >= 4 is 46.8 Å². The number of amides is 1. The third-order valence-corrected chi connectivity index (χ3v) is 4.80. The first-order valence-corrected chi connectivity index (χ1v) is 8.35. The number of carbonyl (C=O) groups is 1. The van der Waals surface area contributed by atoms with Gasteiger partial charge in [-0.15, -0.1) is 11.8 Å². The summed E-state index contributed by atoms with van der Waals surface area (Å²) in [5.74, 6) is 0.299. The molecule has 0 fully saturated rings. The van der Waals surface area contributed by atoms with Crippen molar-refractivity contribution in [2.45, 2.75) is 31.1 Å². The van der Waals surface area contributed by atoms with Crippen molar-refractivity contribution in [2.75, 3.05) is 11.1 Å². The third-order valence-electron chi connectivity index (χ3n) is 2.81. The Morgan fingerprint density at radius 2 is 1.95 bits per heavy atom. The molecule has 7 heteroatoms. The number of hydrogen-bond acceptors (Lipinski definition) is 4. The van der Waals surface area contributed by atoms with E-state index in [0.29, 0.717) is 20.8 Å². The van der Waals surface area contributed by atoms with Crippen LogP contribution in [0.2, 0.25) is 10.0 Å². The molecule has 4 nitrogen and oxygen atoms in total. The Hall–Kier alpha value is -1.17. The maximum atomic E-state index is 12.0. The highest BCUT2D eigenvalue weighted by Gasteiger charge is 2.19. The number of carbonyl (C=O) groups excluding carboxylic acids is 1. The third kappa shape index (κ3) is 4.41. The second kappa shape index (κ2) is 6.94. The lowest BCUT2D eigenvalue weighted by atomic mass is 9.92. The lowest BCUT2D eigenvalue weighted by Gasteiger charge is -2.12. The SMILES string of the molecule is CC(C)(C)c1cc(NC(=O)CSc2c(Cl)cccc2Cl)on1. The fourth-order valence-electron chi connectivity index (χ4n) is 1.62. The zero-order valence-corrected chi connectivity index (χ0v) is 14.8. The van der Waals surface area contributed by atoms with Crippen LogP contribution in [-0.2, 0) is 10.2 Å². The normalized spacial score (nSPS) is 11.5. The number of halogens is 2. The van der Waals surface area contributed by atoms with Crippen molar-refractivity contribution in [3.63, 3.8) is 0 Å². The van der Waals surface area contributed by atoms with Gasteiger partial charge in [0.25, 0.3) is 0 Å². The number of nitrogens with zero attached hydrogens (tertiary/aromatic N) is 1. The second-order valence-corrected chi connectivity index (χ2v) is 7.51. The van der Waals surface area contributed by atoms with Crippen LogP contribution in [0.3, 0.4) is 0 Å². The number of anilines is 1. The van der Waals surface area contributed by atoms with Crippen LogP contribution in [0.1, 0.15) is 26.5 Å². The minimum atomic E-state index is -0.211. The average molecular weight is 359 g/mol. The molecule has 0 saturated carbocycles. The summed E-state index contributed by atoms with van der Waals surface area (Å²) in [4.78, 5) is 12.7. The topological polar surface area (TPSA) is 55.1 Å². The molecule has 2 rings (SSSR count). The lowest BCUT2D eigenvalue weighted by molar-refractivity contribution is -0.113. The largest absolute Gasteiger partial charge is 0.338 e. The van der Waals surface area contributed by atoms with Crippen LogP contribution >= 0.6 is 35.0 Å². The van der Waals surface area contributed by atoms with Crippen LogP contribution in [0.5, 0.6) is 0 Å². The number of hydrogen-bond donors (Lipinski definition) is 1. The van der Waals surface area contributed by atoms with Gasteiger partial charge in [0, 0.05) is 16.4 Å². The predicted molar refractivity (Wildman–Crippen MR) is 91.0 cm³/mol. The molecule has 0 spiro atoms. The predicted octanol–water partition coefficient (Wildman–Crippen LogP) is 5.01. The maximum absolute atomic E-state index is 12.0. The average Bonchev–Trinajstić information content (AvgIpc) is 2.86. The molecule has 1 N–H and O–H groups in total. The van der Waals surface area contributed by atoms with Gasteiger partial charge in [0.2, 0.25) is 11.8 Å². The van der Waals surface area contributed by atoms with Crippen molar-refractivity contribution < 1.29 is 9.32 Å². The molecule has 0 aliphatic rings. The van der Waals surface area contributed by atoms with Gasteiger partial charge in [-0.05, 0) is 12.1 Å². The fourth-order valence-corrected chi connectivity index (χ4v) is 3.10. The van der Waals surface area contributed by atoms with Crippen LogP contribution in [0.4, 0.5) is 5.88 Å². The van der Waals surface area contributed by atoms with Gasteiger partial charge in [-0.3, -0.25) is 10.1 Å². The van der Waals surface area contributed by atoms with Crippen LogP contribution in [0.25, 0.3) is 0 Å². The van der Waals surface area contributed by atoms with Gasteiger partial charge in [-0.2, -0.15) is 0 Å². The Morgan fingerprint density at radius 1 is 1.32 bits per heavy atom. The highest BCUT2D eigenvalue weighted by Crippen LogP contribution is 2.33. The molecule has 0 bridgehead atoms. The van der Waals surface area contributed by atoms with E-state index in [1.165, 1.54) is 11.8 Å². The molecule has 22 heavy (non-hydrogen) atoms. The van der Waals surface area contributed by atoms with E-state index in [0.717, 1.165) is 5.69 Å². The highest BCUT2D eigenvalue weighted by molar-refractivity contribution is 8.00. The molecule has 0 aliphatic heterocycles. The van der Waals surface area contributed by atoms with E-state index in [-0.39, 0.29) is 17.1 Å². The van der Waals surface area contributed by atoms with Gasteiger partial charge in [-0.1, -0.05) is 55.2 Å². The summed E-state index contributed by atoms with van der Waals surface area (Å²) in [6.07, 6.45) is 0. The maximum Gasteiger partial charge on any atom is 0.237 e. The van der Waals surface area contributed by atoms with Gasteiger partial charge in [0.1, 0.15) is 0 Å². The van der Waals surface area contributed by atoms with Crippen molar-refractivity contribution in [1.82, 2.24) is 5.16 Å². The van der Waals surface area contributed by atoms with Crippen molar-refractivity contribution in [1.29, 1.82) is 0 Å². The molecule has 118 valence electrons. The quantitative estimate of drug-likeness (QED) is 0.780. The number of aromatic nitrogens is 1. The molecule has 0 unspecified atom stereocenters. The monoisotopic (exact) mass is 358 g/mol. The molecule has 1 amide bonds. The van der Waals surface area contributed by atoms with Gasteiger partial charge in [-0.25, -0.2) is 0 Å². The molecule has 0 atom stereocenters. The molecule has 1 aromatic heterocycles.